The van der Waals surface area contributed by atoms with Gasteiger partial charge in [-0.05, 0) is 42.5 Å². The van der Waals surface area contributed by atoms with Crippen molar-refractivity contribution >= 4 is 27.4 Å². The number of nitrogen functional groups attached to an aromatic ring is 1. The zero-order chi connectivity index (χ0) is 14.1. The van der Waals surface area contributed by atoms with Gasteiger partial charge in [0.1, 0.15) is 0 Å². The Hall–Kier alpha value is -1.61. The highest BCUT2D eigenvalue weighted by Gasteiger charge is 2.20. The fraction of sp³-hybridized carbons (Fsp3) is 0.235. The molecule has 2 N–H and O–H groups in total. The Kier molecular flexibility index (Phi) is 3.62. The lowest BCUT2D eigenvalue weighted by Crippen LogP contribution is -2.09. The zero-order valence-corrected chi connectivity index (χ0v) is 12.7. The minimum atomic E-state index is 0.00401. The van der Waals surface area contributed by atoms with E-state index in [-0.39, 0.29) is 5.78 Å². The van der Waals surface area contributed by atoms with Crippen LogP contribution in [0, 0.1) is 0 Å². The predicted octanol–water partition coefficient (Wildman–Crippen LogP) is 4.53. The molecule has 1 saturated carbocycles. The summed E-state index contributed by atoms with van der Waals surface area (Å²) in [5.41, 5.74) is 9.03. The van der Waals surface area contributed by atoms with Crippen LogP contribution in [0.1, 0.15) is 46.7 Å². The third-order valence-corrected chi connectivity index (χ3v) is 4.68. The van der Waals surface area contributed by atoms with Gasteiger partial charge >= 0.3 is 0 Å². The van der Waals surface area contributed by atoms with Gasteiger partial charge in [-0.1, -0.05) is 46.6 Å². The average Bonchev–Trinajstić information content (AvgIpc) is 2.40. The van der Waals surface area contributed by atoms with Crippen LogP contribution in [0.5, 0.6) is 0 Å². The maximum atomic E-state index is 12.5. The summed E-state index contributed by atoms with van der Waals surface area (Å²) in [6, 6.07) is 13.3. The molecule has 2 aromatic rings. The number of anilines is 1. The van der Waals surface area contributed by atoms with Gasteiger partial charge in [-0.15, -0.1) is 0 Å². The molecule has 2 nitrogen and oxygen atoms in total. The minimum Gasteiger partial charge on any atom is -0.399 e. The van der Waals surface area contributed by atoms with Crippen molar-refractivity contribution in [2.24, 2.45) is 0 Å². The highest BCUT2D eigenvalue weighted by atomic mass is 79.9. The Morgan fingerprint density at radius 3 is 2.40 bits per heavy atom. The molecule has 1 aliphatic rings. The van der Waals surface area contributed by atoms with Gasteiger partial charge in [-0.3, -0.25) is 4.79 Å². The number of ketones is 1. The van der Waals surface area contributed by atoms with Crippen molar-refractivity contribution in [3.63, 3.8) is 0 Å². The Balaban J connectivity index is 1.88. The Morgan fingerprint density at radius 2 is 1.80 bits per heavy atom. The number of hydrogen-bond acceptors (Lipinski definition) is 2. The smallest absolute Gasteiger partial charge is 0.194 e. The van der Waals surface area contributed by atoms with Crippen LogP contribution >= 0.6 is 15.9 Å². The first-order chi connectivity index (χ1) is 9.65. The second-order valence-electron chi connectivity index (χ2n) is 5.32. The third kappa shape index (κ3) is 2.50. The van der Waals surface area contributed by atoms with Gasteiger partial charge in [0.05, 0.1) is 0 Å². The van der Waals surface area contributed by atoms with Crippen molar-refractivity contribution in [2.45, 2.75) is 25.2 Å². The summed E-state index contributed by atoms with van der Waals surface area (Å²) >= 11 is 3.41. The molecule has 102 valence electrons. The van der Waals surface area contributed by atoms with E-state index in [4.69, 9.17) is 5.73 Å². The molecule has 0 saturated heterocycles. The molecule has 0 unspecified atom stereocenters. The van der Waals surface area contributed by atoms with Crippen molar-refractivity contribution in [3.05, 3.63) is 63.6 Å². The molecule has 20 heavy (non-hydrogen) atoms. The molecule has 0 bridgehead atoms. The Labute approximate surface area is 127 Å². The monoisotopic (exact) mass is 329 g/mol. The molecule has 1 aliphatic carbocycles. The molecule has 0 atom stereocenters. The number of carbonyl (C=O) groups excluding carboxylic acids is 1. The van der Waals surface area contributed by atoms with Gasteiger partial charge in [0.2, 0.25) is 0 Å². The van der Waals surface area contributed by atoms with Crippen molar-refractivity contribution < 1.29 is 4.79 Å². The second-order valence-corrected chi connectivity index (χ2v) is 6.17. The van der Waals surface area contributed by atoms with E-state index in [9.17, 15) is 4.79 Å². The van der Waals surface area contributed by atoms with Crippen molar-refractivity contribution in [1.29, 1.82) is 0 Å². The fourth-order valence-corrected chi connectivity index (χ4v) is 2.95. The van der Waals surface area contributed by atoms with Crippen molar-refractivity contribution in [1.82, 2.24) is 0 Å². The number of hydrogen-bond donors (Lipinski definition) is 1. The zero-order valence-electron chi connectivity index (χ0n) is 11.1. The molecule has 0 amide bonds. The second kappa shape index (κ2) is 5.41. The van der Waals surface area contributed by atoms with Crippen LogP contribution in [0.15, 0.2) is 46.9 Å². The molecule has 3 heteroatoms. The molecular formula is C17H16BrNO. The first-order valence-electron chi connectivity index (χ1n) is 6.85. The third-order valence-electron chi connectivity index (χ3n) is 3.98. The molecule has 0 radical (unpaired) electrons. The first kappa shape index (κ1) is 13.4. The Bertz CT molecular complexity index is 645. The van der Waals surface area contributed by atoms with Crippen molar-refractivity contribution in [2.75, 3.05) is 5.73 Å². The maximum Gasteiger partial charge on any atom is 0.194 e. The van der Waals surface area contributed by atoms with Crippen LogP contribution in [-0.4, -0.2) is 5.78 Å². The van der Waals surface area contributed by atoms with Crippen LogP contribution in [0.2, 0.25) is 0 Å². The number of nitrogens with two attached hydrogens (primary N) is 1. The summed E-state index contributed by atoms with van der Waals surface area (Å²) in [7, 11) is 0. The number of benzene rings is 2. The van der Waals surface area contributed by atoms with E-state index in [0.29, 0.717) is 22.7 Å². The predicted molar refractivity (Wildman–Crippen MR) is 85.0 cm³/mol. The summed E-state index contributed by atoms with van der Waals surface area (Å²) in [4.78, 5) is 12.5. The summed E-state index contributed by atoms with van der Waals surface area (Å²) in [5.74, 6) is 0.697. The van der Waals surface area contributed by atoms with Crippen LogP contribution in [-0.2, 0) is 0 Å². The quantitative estimate of drug-likeness (QED) is 0.664. The van der Waals surface area contributed by atoms with Gasteiger partial charge < -0.3 is 5.73 Å². The van der Waals surface area contributed by atoms with E-state index in [1.54, 1.807) is 12.1 Å². The van der Waals surface area contributed by atoms with E-state index in [0.717, 1.165) is 4.47 Å². The summed E-state index contributed by atoms with van der Waals surface area (Å²) in [5, 5.41) is 0. The lowest BCUT2D eigenvalue weighted by atomic mass is 9.80. The molecule has 0 aromatic heterocycles. The highest BCUT2D eigenvalue weighted by Crippen LogP contribution is 2.36. The molecule has 0 spiro atoms. The maximum absolute atomic E-state index is 12.5. The van der Waals surface area contributed by atoms with Gasteiger partial charge in [-0.25, -0.2) is 0 Å². The molecule has 1 fully saturated rings. The lowest BCUT2D eigenvalue weighted by molar-refractivity contribution is 0.103. The lowest BCUT2D eigenvalue weighted by Gasteiger charge is -2.25. The summed E-state index contributed by atoms with van der Waals surface area (Å²) < 4.78 is 0.778. The molecular weight excluding hydrogens is 314 g/mol. The van der Waals surface area contributed by atoms with Crippen LogP contribution < -0.4 is 5.73 Å². The topological polar surface area (TPSA) is 43.1 Å². The van der Waals surface area contributed by atoms with Crippen LogP contribution in [0.4, 0.5) is 5.69 Å². The van der Waals surface area contributed by atoms with Gasteiger partial charge in [0.15, 0.2) is 5.78 Å². The highest BCUT2D eigenvalue weighted by molar-refractivity contribution is 9.10. The van der Waals surface area contributed by atoms with E-state index in [1.807, 2.05) is 18.2 Å². The SMILES string of the molecule is Nc1ccc(Br)c(C(=O)c2ccc(C3CCC3)cc2)c1. The summed E-state index contributed by atoms with van der Waals surface area (Å²) in [6.45, 7) is 0. The largest absolute Gasteiger partial charge is 0.399 e. The van der Waals surface area contributed by atoms with E-state index >= 15 is 0 Å². The van der Waals surface area contributed by atoms with Gasteiger partial charge in [0.25, 0.3) is 0 Å². The average molecular weight is 330 g/mol. The summed E-state index contributed by atoms with van der Waals surface area (Å²) in [6.07, 6.45) is 3.86. The Morgan fingerprint density at radius 1 is 1.10 bits per heavy atom. The molecule has 0 aliphatic heterocycles. The molecule has 3 rings (SSSR count). The van der Waals surface area contributed by atoms with Gasteiger partial charge in [0, 0.05) is 21.3 Å². The van der Waals surface area contributed by atoms with Crippen LogP contribution in [0.3, 0.4) is 0 Å². The molecule has 0 heterocycles. The van der Waals surface area contributed by atoms with Crippen molar-refractivity contribution in [3.8, 4) is 0 Å². The standard InChI is InChI=1S/C17H16BrNO/c18-16-9-8-14(19)10-15(16)17(20)13-6-4-12(5-7-13)11-2-1-3-11/h4-11H,1-3,19H2. The number of halogens is 1. The molecule has 2 aromatic carbocycles. The number of carbonyl (C=O) groups is 1. The van der Waals surface area contributed by atoms with E-state index in [1.165, 1.54) is 24.8 Å². The van der Waals surface area contributed by atoms with E-state index in [2.05, 4.69) is 28.1 Å². The fourth-order valence-electron chi connectivity index (χ4n) is 2.52. The van der Waals surface area contributed by atoms with Gasteiger partial charge in [-0.2, -0.15) is 0 Å². The minimum absolute atomic E-state index is 0.00401. The van der Waals surface area contributed by atoms with E-state index < -0.39 is 0 Å². The first-order valence-corrected chi connectivity index (χ1v) is 7.64. The normalized spacial score (nSPS) is 14.8. The van der Waals surface area contributed by atoms with Crippen LogP contribution in [0.25, 0.3) is 0 Å². The number of rotatable bonds is 3.